The number of hydrogen-bond acceptors (Lipinski definition) is 3. The van der Waals surface area contributed by atoms with Crippen molar-refractivity contribution in [1.82, 2.24) is 14.7 Å². The summed E-state index contributed by atoms with van der Waals surface area (Å²) in [7, 11) is 2.96. The molecular weight excluding hydrogens is 552 g/mol. The minimum absolute atomic E-state index is 0.0632. The molecular formula is C29H33F6N3O3. The molecule has 0 aromatic heterocycles. The van der Waals surface area contributed by atoms with Crippen LogP contribution in [0.3, 0.4) is 0 Å². The first-order valence-corrected chi connectivity index (χ1v) is 13.1. The zero-order chi connectivity index (χ0) is 30.7. The fourth-order valence-electron chi connectivity index (χ4n) is 5.71. The number of amides is 3. The van der Waals surface area contributed by atoms with E-state index in [-0.39, 0.29) is 24.1 Å². The number of ether oxygens (including phenoxy) is 1. The Balaban J connectivity index is 1.68. The Morgan fingerprint density at radius 1 is 0.951 bits per heavy atom. The van der Waals surface area contributed by atoms with Gasteiger partial charge in [-0.1, -0.05) is 30.3 Å². The normalized spacial score (nSPS) is 23.1. The first kappa shape index (κ1) is 30.5. The highest BCUT2D eigenvalue weighted by Crippen LogP contribution is 2.63. The summed E-state index contributed by atoms with van der Waals surface area (Å²) < 4.78 is 86.5. The maximum absolute atomic E-state index is 13.9. The number of urea groups is 1. The molecule has 6 nitrogen and oxygen atoms in total. The molecule has 0 unspecified atom stereocenters. The number of nitrogens with zero attached hydrogens (tertiary/aromatic N) is 3. The minimum Gasteiger partial charge on any atom is -0.444 e. The van der Waals surface area contributed by atoms with E-state index in [1.165, 1.54) is 18.9 Å². The molecule has 0 spiro atoms. The number of piperidine rings is 1. The van der Waals surface area contributed by atoms with Crippen molar-refractivity contribution < 1.29 is 40.7 Å². The quantitative estimate of drug-likeness (QED) is 0.349. The number of likely N-dealkylation sites (tertiary alicyclic amines) is 1. The van der Waals surface area contributed by atoms with E-state index < -0.39 is 58.8 Å². The van der Waals surface area contributed by atoms with Crippen molar-refractivity contribution in [2.75, 3.05) is 20.6 Å². The van der Waals surface area contributed by atoms with Crippen molar-refractivity contribution in [1.29, 1.82) is 0 Å². The van der Waals surface area contributed by atoms with Crippen molar-refractivity contribution in [2.24, 2.45) is 5.92 Å². The van der Waals surface area contributed by atoms with Crippen molar-refractivity contribution in [2.45, 2.75) is 69.7 Å². The first-order valence-electron chi connectivity index (χ1n) is 13.1. The summed E-state index contributed by atoms with van der Waals surface area (Å²) in [5, 5.41) is 0. The van der Waals surface area contributed by atoms with Crippen molar-refractivity contribution >= 4 is 12.1 Å². The fourth-order valence-corrected chi connectivity index (χ4v) is 5.71. The van der Waals surface area contributed by atoms with Gasteiger partial charge in [-0.25, -0.2) is 9.59 Å². The van der Waals surface area contributed by atoms with Gasteiger partial charge in [-0.15, -0.1) is 0 Å². The second kappa shape index (κ2) is 10.1. The summed E-state index contributed by atoms with van der Waals surface area (Å²) >= 11 is 0. The molecule has 0 N–H and O–H groups in total. The van der Waals surface area contributed by atoms with Crippen LogP contribution in [0.15, 0.2) is 48.5 Å². The molecule has 224 valence electrons. The number of rotatable bonds is 4. The monoisotopic (exact) mass is 585 g/mol. The van der Waals surface area contributed by atoms with Gasteiger partial charge in [0.25, 0.3) is 0 Å². The van der Waals surface area contributed by atoms with Crippen LogP contribution in [0.1, 0.15) is 68.5 Å². The lowest BCUT2D eigenvalue weighted by Crippen LogP contribution is -2.50. The number of hydrogen-bond donors (Lipinski definition) is 0. The van der Waals surface area contributed by atoms with Crippen molar-refractivity contribution in [3.8, 4) is 0 Å². The largest absolute Gasteiger partial charge is 0.444 e. The molecule has 0 radical (unpaired) electrons. The number of likely N-dealkylation sites (N-methyl/N-ethyl adjacent to an activating group) is 1. The number of alkyl halides is 6. The number of fused-ring (bicyclic) bond motifs is 1. The van der Waals surface area contributed by atoms with Crippen molar-refractivity contribution in [3.05, 3.63) is 70.8 Å². The number of benzene rings is 2. The Labute approximate surface area is 234 Å². The highest BCUT2D eigenvalue weighted by Gasteiger charge is 2.71. The van der Waals surface area contributed by atoms with Crippen LogP contribution in [-0.2, 0) is 17.1 Å². The molecule has 2 fully saturated rings. The summed E-state index contributed by atoms with van der Waals surface area (Å²) in [5.74, 6) is -0.0942. The Bertz CT molecular complexity index is 1280. The standard InChI is InChI=1S/C29H33F6N3O3/c1-17(19-12-20(28(30,31)32)14-21(13-19)29(33,34)35)36(5)24(39)38-16-22-15-27(22,23(38)18-10-8-7-9-11-18)37(6)25(40)41-26(2,3)4/h7-14,17,22-23H,15-16H2,1-6H3/t17-,22-,23-,27+/m0/s1. The Hall–Kier alpha value is -3.44. The molecule has 0 bridgehead atoms. The molecule has 4 rings (SSSR count). The zero-order valence-electron chi connectivity index (χ0n) is 23.6. The summed E-state index contributed by atoms with van der Waals surface area (Å²) in [6.07, 6.45) is -9.97. The van der Waals surface area contributed by atoms with Crippen LogP contribution in [-0.4, -0.2) is 58.6 Å². The van der Waals surface area contributed by atoms with E-state index in [4.69, 9.17) is 4.74 Å². The third-order valence-corrected chi connectivity index (χ3v) is 7.95. The van der Waals surface area contributed by atoms with Gasteiger partial charge in [0.2, 0.25) is 0 Å². The minimum atomic E-state index is -5.01. The molecule has 2 aliphatic rings. The van der Waals surface area contributed by atoms with Gasteiger partial charge in [-0.05, 0) is 63.4 Å². The van der Waals surface area contributed by atoms with E-state index in [0.29, 0.717) is 18.6 Å². The molecule has 1 aliphatic heterocycles. The van der Waals surface area contributed by atoms with E-state index in [9.17, 15) is 35.9 Å². The first-order chi connectivity index (χ1) is 18.8. The number of halogens is 6. The highest BCUT2D eigenvalue weighted by atomic mass is 19.4. The van der Waals surface area contributed by atoms with Gasteiger partial charge in [-0.3, -0.25) is 0 Å². The lowest BCUT2D eigenvalue weighted by atomic mass is 9.96. The summed E-state index contributed by atoms with van der Waals surface area (Å²) in [6.45, 7) is 6.86. The number of carbonyl (C=O) groups excluding carboxylic acids is 2. The Morgan fingerprint density at radius 2 is 1.49 bits per heavy atom. The average Bonchev–Trinajstić information content (AvgIpc) is 3.49. The van der Waals surface area contributed by atoms with E-state index in [1.54, 1.807) is 50.9 Å². The van der Waals surface area contributed by atoms with Crippen LogP contribution < -0.4 is 0 Å². The molecule has 1 saturated heterocycles. The fraction of sp³-hybridized carbons (Fsp3) is 0.517. The van der Waals surface area contributed by atoms with Crippen molar-refractivity contribution in [3.63, 3.8) is 0 Å². The number of carbonyl (C=O) groups is 2. The summed E-state index contributed by atoms with van der Waals surface area (Å²) in [4.78, 5) is 31.2. The Morgan fingerprint density at radius 3 is 1.98 bits per heavy atom. The second-order valence-corrected chi connectivity index (χ2v) is 11.8. The molecule has 2 aromatic rings. The third kappa shape index (κ3) is 5.83. The topological polar surface area (TPSA) is 53.1 Å². The molecule has 1 aliphatic carbocycles. The molecule has 2 aromatic carbocycles. The molecule has 1 saturated carbocycles. The molecule has 12 heteroatoms. The smallest absolute Gasteiger partial charge is 0.416 e. The van der Waals surface area contributed by atoms with Gasteiger partial charge >= 0.3 is 24.5 Å². The van der Waals surface area contributed by atoms with E-state index >= 15 is 0 Å². The maximum atomic E-state index is 13.9. The van der Waals surface area contributed by atoms with Crippen LogP contribution in [0.25, 0.3) is 0 Å². The second-order valence-electron chi connectivity index (χ2n) is 11.8. The lowest BCUT2D eigenvalue weighted by Gasteiger charge is -2.40. The van der Waals surface area contributed by atoms with Gasteiger partial charge in [0.15, 0.2) is 0 Å². The van der Waals surface area contributed by atoms with Gasteiger partial charge in [0.1, 0.15) is 5.60 Å². The highest BCUT2D eigenvalue weighted by molar-refractivity contribution is 5.78. The SMILES string of the molecule is C[C@@H](c1cc(C(F)(F)F)cc(C(F)(F)F)c1)N(C)C(=O)N1C[C@@H]2C[C@]2(N(C)C(=O)OC(C)(C)C)[C@@H]1c1ccccc1. The van der Waals surface area contributed by atoms with Gasteiger partial charge < -0.3 is 19.4 Å². The molecule has 3 amide bonds. The van der Waals surface area contributed by atoms with Gasteiger partial charge in [-0.2, -0.15) is 26.3 Å². The van der Waals surface area contributed by atoms with E-state index in [2.05, 4.69) is 0 Å². The summed E-state index contributed by atoms with van der Waals surface area (Å²) in [6, 6.07) is 8.05. The van der Waals surface area contributed by atoms with Crippen LogP contribution in [0.4, 0.5) is 35.9 Å². The van der Waals surface area contributed by atoms with Gasteiger partial charge in [0.05, 0.1) is 28.7 Å². The predicted octanol–water partition coefficient (Wildman–Crippen LogP) is 7.52. The van der Waals surface area contributed by atoms with Crippen LogP contribution in [0.2, 0.25) is 0 Å². The molecule has 4 atom stereocenters. The Kier molecular flexibility index (Phi) is 7.54. The lowest BCUT2D eigenvalue weighted by molar-refractivity contribution is -0.143. The maximum Gasteiger partial charge on any atom is 0.416 e. The third-order valence-electron chi connectivity index (χ3n) is 7.95. The van der Waals surface area contributed by atoms with Crippen LogP contribution >= 0.6 is 0 Å². The average molecular weight is 586 g/mol. The summed E-state index contributed by atoms with van der Waals surface area (Å²) in [5.41, 5.74) is -3.98. The predicted molar refractivity (Wildman–Crippen MR) is 139 cm³/mol. The van der Waals surface area contributed by atoms with E-state index in [0.717, 1.165) is 10.5 Å². The van der Waals surface area contributed by atoms with E-state index in [1.807, 2.05) is 12.1 Å². The zero-order valence-corrected chi connectivity index (χ0v) is 23.6. The molecule has 1 heterocycles. The molecule has 41 heavy (non-hydrogen) atoms. The van der Waals surface area contributed by atoms with Crippen LogP contribution in [0.5, 0.6) is 0 Å². The van der Waals surface area contributed by atoms with Gasteiger partial charge in [0, 0.05) is 26.6 Å². The van der Waals surface area contributed by atoms with Crippen LogP contribution in [0, 0.1) is 5.92 Å².